The number of hydrogen-bond acceptors (Lipinski definition) is 5. The molecular weight excluding hydrogens is 232 g/mol. The molecule has 92 valence electrons. The first-order valence-corrected chi connectivity index (χ1v) is 5.33. The van der Waals surface area contributed by atoms with E-state index in [1.165, 1.54) is 6.20 Å². The molecule has 0 atom stereocenters. The minimum absolute atomic E-state index is 0.0293. The van der Waals surface area contributed by atoms with E-state index in [4.69, 9.17) is 5.11 Å². The number of hydrogen-bond donors (Lipinski definition) is 2. The Kier molecular flexibility index (Phi) is 3.18. The largest absolute Gasteiger partial charge is 0.476 e. The monoisotopic (exact) mass is 244 g/mol. The highest BCUT2D eigenvalue weighted by Gasteiger charge is 2.12. The molecule has 0 saturated carbocycles. The van der Waals surface area contributed by atoms with Gasteiger partial charge < -0.3 is 10.4 Å². The number of aromatic carboxylic acids is 1. The second-order valence-electron chi connectivity index (χ2n) is 3.82. The van der Waals surface area contributed by atoms with Gasteiger partial charge in [0.1, 0.15) is 5.82 Å². The Balaban J connectivity index is 2.37. The van der Waals surface area contributed by atoms with Gasteiger partial charge in [0.2, 0.25) is 0 Å². The van der Waals surface area contributed by atoms with Crippen LogP contribution < -0.4 is 5.32 Å². The predicted molar refractivity (Wildman–Crippen MR) is 66.0 cm³/mol. The molecule has 2 aromatic rings. The summed E-state index contributed by atoms with van der Waals surface area (Å²) in [7, 11) is 0. The number of aromatic nitrogens is 3. The van der Waals surface area contributed by atoms with E-state index in [-0.39, 0.29) is 5.69 Å². The molecule has 0 aromatic carbocycles. The van der Waals surface area contributed by atoms with Crippen molar-refractivity contribution in [3.05, 3.63) is 41.6 Å². The third-order valence-electron chi connectivity index (χ3n) is 2.25. The van der Waals surface area contributed by atoms with Gasteiger partial charge in [0, 0.05) is 11.9 Å². The van der Waals surface area contributed by atoms with Gasteiger partial charge in [-0.15, -0.1) is 0 Å². The van der Waals surface area contributed by atoms with Crippen LogP contribution in [-0.2, 0) is 0 Å². The van der Waals surface area contributed by atoms with Crippen molar-refractivity contribution < 1.29 is 9.90 Å². The minimum Gasteiger partial charge on any atom is -0.476 e. The topological polar surface area (TPSA) is 88.0 Å². The quantitative estimate of drug-likeness (QED) is 0.857. The van der Waals surface area contributed by atoms with E-state index in [2.05, 4.69) is 20.3 Å². The molecule has 2 N–H and O–H groups in total. The number of carbonyl (C=O) groups is 1. The zero-order valence-corrected chi connectivity index (χ0v) is 10.0. The number of nitrogens with zero attached hydrogens (tertiary/aromatic N) is 3. The van der Waals surface area contributed by atoms with Gasteiger partial charge in [-0.3, -0.25) is 4.98 Å². The molecule has 0 unspecified atom stereocenters. The first-order chi connectivity index (χ1) is 8.56. The third-order valence-corrected chi connectivity index (χ3v) is 2.25. The third kappa shape index (κ3) is 2.60. The summed E-state index contributed by atoms with van der Waals surface area (Å²) in [5.74, 6) is -0.593. The summed E-state index contributed by atoms with van der Waals surface area (Å²) in [5, 5.41) is 12.0. The molecule has 2 rings (SSSR count). The van der Waals surface area contributed by atoms with E-state index in [1.54, 1.807) is 25.3 Å². The van der Waals surface area contributed by atoms with E-state index < -0.39 is 5.97 Å². The summed E-state index contributed by atoms with van der Waals surface area (Å²) in [6.07, 6.45) is 3.15. The Morgan fingerprint density at radius 3 is 2.61 bits per heavy atom. The molecule has 0 aliphatic rings. The first kappa shape index (κ1) is 12.0. The van der Waals surface area contributed by atoms with Crippen LogP contribution in [0.1, 0.15) is 21.9 Å². The zero-order valence-electron chi connectivity index (χ0n) is 10.0. The van der Waals surface area contributed by atoms with Crippen molar-refractivity contribution in [3.8, 4) is 0 Å². The number of rotatable bonds is 3. The lowest BCUT2D eigenvalue weighted by Crippen LogP contribution is -2.07. The van der Waals surface area contributed by atoms with Gasteiger partial charge in [-0.1, -0.05) is 0 Å². The van der Waals surface area contributed by atoms with Crippen molar-refractivity contribution in [2.45, 2.75) is 13.8 Å². The number of nitrogens with one attached hydrogen (secondary N) is 1. The highest BCUT2D eigenvalue weighted by molar-refractivity contribution is 5.92. The summed E-state index contributed by atoms with van der Waals surface area (Å²) in [4.78, 5) is 23.3. The normalized spacial score (nSPS) is 10.1. The van der Waals surface area contributed by atoms with Crippen LogP contribution >= 0.6 is 0 Å². The standard InChI is InChI=1S/C12H12N4O2/c1-7-3-4-9(11(15-7)12(17)18)16-10-6-13-5-8(2)14-10/h3-6H,1-2H3,(H,14,16)(H,17,18). The molecule has 2 aromatic heterocycles. The average molecular weight is 244 g/mol. The minimum atomic E-state index is -1.08. The lowest BCUT2D eigenvalue weighted by Gasteiger charge is -2.08. The molecule has 6 heteroatoms. The highest BCUT2D eigenvalue weighted by atomic mass is 16.4. The van der Waals surface area contributed by atoms with E-state index >= 15 is 0 Å². The van der Waals surface area contributed by atoms with Crippen molar-refractivity contribution in [1.82, 2.24) is 15.0 Å². The van der Waals surface area contributed by atoms with Crippen LogP contribution in [-0.4, -0.2) is 26.0 Å². The number of anilines is 2. The van der Waals surface area contributed by atoms with Gasteiger partial charge in [0.15, 0.2) is 5.69 Å². The van der Waals surface area contributed by atoms with E-state index in [0.717, 1.165) is 5.69 Å². The molecule has 0 bridgehead atoms. The molecular formula is C12H12N4O2. The van der Waals surface area contributed by atoms with Crippen LogP contribution in [0.5, 0.6) is 0 Å². The molecule has 0 aliphatic heterocycles. The van der Waals surface area contributed by atoms with Crippen LogP contribution in [0.2, 0.25) is 0 Å². The molecule has 6 nitrogen and oxygen atoms in total. The van der Waals surface area contributed by atoms with Crippen LogP contribution in [0.15, 0.2) is 24.5 Å². The number of pyridine rings is 1. The van der Waals surface area contributed by atoms with Crippen molar-refractivity contribution >= 4 is 17.5 Å². The summed E-state index contributed by atoms with van der Waals surface area (Å²) in [6.45, 7) is 3.55. The smallest absolute Gasteiger partial charge is 0.356 e. The summed E-state index contributed by atoms with van der Waals surface area (Å²) < 4.78 is 0. The Bertz CT molecular complexity index is 598. The van der Waals surface area contributed by atoms with Gasteiger partial charge in [-0.2, -0.15) is 0 Å². The maximum Gasteiger partial charge on any atom is 0.356 e. The number of carboxylic acids is 1. The molecule has 2 heterocycles. The van der Waals surface area contributed by atoms with Crippen LogP contribution in [0.3, 0.4) is 0 Å². The molecule has 0 saturated heterocycles. The molecule has 0 fully saturated rings. The highest BCUT2D eigenvalue weighted by Crippen LogP contribution is 2.18. The zero-order chi connectivity index (χ0) is 13.1. The Labute approximate surface area is 104 Å². The second-order valence-corrected chi connectivity index (χ2v) is 3.82. The maximum atomic E-state index is 11.1. The average Bonchev–Trinajstić information content (AvgIpc) is 2.31. The Morgan fingerprint density at radius 1 is 1.17 bits per heavy atom. The van der Waals surface area contributed by atoms with Gasteiger partial charge in [0.25, 0.3) is 0 Å². The fraction of sp³-hybridized carbons (Fsp3) is 0.167. The number of carboxylic acid groups (broad SMARTS) is 1. The fourth-order valence-corrected chi connectivity index (χ4v) is 1.48. The van der Waals surface area contributed by atoms with Gasteiger partial charge in [-0.25, -0.2) is 14.8 Å². The van der Waals surface area contributed by atoms with E-state index in [0.29, 0.717) is 17.2 Å². The lowest BCUT2D eigenvalue weighted by molar-refractivity contribution is 0.0691. The van der Waals surface area contributed by atoms with Crippen LogP contribution in [0.25, 0.3) is 0 Å². The van der Waals surface area contributed by atoms with E-state index in [1.807, 2.05) is 6.92 Å². The second kappa shape index (κ2) is 4.79. The van der Waals surface area contributed by atoms with Crippen LogP contribution in [0.4, 0.5) is 11.5 Å². The summed E-state index contributed by atoms with van der Waals surface area (Å²) in [6, 6.07) is 3.40. The maximum absolute atomic E-state index is 11.1. The molecule has 0 spiro atoms. The summed E-state index contributed by atoms with van der Waals surface area (Å²) >= 11 is 0. The Hall–Kier alpha value is -2.50. The van der Waals surface area contributed by atoms with E-state index in [9.17, 15) is 4.79 Å². The first-order valence-electron chi connectivity index (χ1n) is 5.33. The SMILES string of the molecule is Cc1cncc(Nc2ccc(C)nc2C(=O)O)n1. The molecule has 18 heavy (non-hydrogen) atoms. The Morgan fingerprint density at radius 2 is 1.94 bits per heavy atom. The lowest BCUT2D eigenvalue weighted by atomic mass is 10.2. The van der Waals surface area contributed by atoms with Crippen molar-refractivity contribution in [2.75, 3.05) is 5.32 Å². The van der Waals surface area contributed by atoms with Gasteiger partial charge in [-0.05, 0) is 26.0 Å². The van der Waals surface area contributed by atoms with Gasteiger partial charge >= 0.3 is 5.97 Å². The molecule has 0 aliphatic carbocycles. The van der Waals surface area contributed by atoms with Crippen molar-refractivity contribution in [3.63, 3.8) is 0 Å². The molecule has 0 radical (unpaired) electrons. The summed E-state index contributed by atoms with van der Waals surface area (Å²) in [5.41, 5.74) is 1.76. The molecule has 0 amide bonds. The van der Waals surface area contributed by atoms with Crippen molar-refractivity contribution in [1.29, 1.82) is 0 Å². The fourth-order valence-electron chi connectivity index (χ4n) is 1.48. The number of aryl methyl sites for hydroxylation is 2. The predicted octanol–water partition coefficient (Wildman–Crippen LogP) is 1.93. The van der Waals surface area contributed by atoms with Crippen molar-refractivity contribution in [2.24, 2.45) is 0 Å². The van der Waals surface area contributed by atoms with Crippen LogP contribution in [0, 0.1) is 13.8 Å². The van der Waals surface area contributed by atoms with Gasteiger partial charge in [0.05, 0.1) is 17.6 Å².